The van der Waals surface area contributed by atoms with Crippen molar-refractivity contribution < 1.29 is 4.74 Å². The summed E-state index contributed by atoms with van der Waals surface area (Å²) in [6.07, 6.45) is 4.28. The third-order valence-electron chi connectivity index (χ3n) is 2.60. The van der Waals surface area contributed by atoms with Crippen LogP contribution in [0.25, 0.3) is 0 Å². The molecule has 0 aliphatic rings. The van der Waals surface area contributed by atoms with Crippen LogP contribution in [0.5, 0.6) is 5.75 Å². The molecule has 1 aromatic carbocycles. The predicted octanol–water partition coefficient (Wildman–Crippen LogP) is 3.18. The minimum Gasteiger partial charge on any atom is -0.497 e. The largest absolute Gasteiger partial charge is 0.497 e. The van der Waals surface area contributed by atoms with E-state index in [1.54, 1.807) is 7.11 Å². The fourth-order valence-electron chi connectivity index (χ4n) is 1.82. The van der Waals surface area contributed by atoms with E-state index in [4.69, 9.17) is 10.5 Å². The standard InChI is InChI=1S/C13H21NO/c1-4-6-10-8-12(15-3)9-11(7-5-2)13(10)14/h8-9H,4-7,14H2,1-3H3. The van der Waals surface area contributed by atoms with Crippen LogP contribution in [-0.4, -0.2) is 7.11 Å². The van der Waals surface area contributed by atoms with Gasteiger partial charge in [0.1, 0.15) is 5.75 Å². The molecule has 0 spiro atoms. The van der Waals surface area contributed by atoms with Crippen LogP contribution >= 0.6 is 0 Å². The summed E-state index contributed by atoms with van der Waals surface area (Å²) < 4.78 is 5.29. The molecule has 0 heterocycles. The fourth-order valence-corrected chi connectivity index (χ4v) is 1.82. The molecule has 1 aromatic rings. The normalized spacial score (nSPS) is 10.3. The highest BCUT2D eigenvalue weighted by Crippen LogP contribution is 2.26. The molecule has 1 rings (SSSR count). The second kappa shape index (κ2) is 5.64. The molecule has 0 fully saturated rings. The van der Waals surface area contributed by atoms with E-state index >= 15 is 0 Å². The quantitative estimate of drug-likeness (QED) is 0.753. The molecule has 0 saturated heterocycles. The van der Waals surface area contributed by atoms with Crippen LogP contribution in [-0.2, 0) is 12.8 Å². The summed E-state index contributed by atoms with van der Waals surface area (Å²) in [6, 6.07) is 4.11. The Morgan fingerprint density at radius 1 is 1.07 bits per heavy atom. The van der Waals surface area contributed by atoms with Gasteiger partial charge in [-0.25, -0.2) is 0 Å². The summed E-state index contributed by atoms with van der Waals surface area (Å²) in [6.45, 7) is 4.33. The Labute approximate surface area is 92.4 Å². The van der Waals surface area contributed by atoms with E-state index in [1.807, 2.05) is 0 Å². The lowest BCUT2D eigenvalue weighted by Gasteiger charge is -2.12. The number of anilines is 1. The SMILES string of the molecule is CCCc1cc(OC)cc(CCC)c1N. The van der Waals surface area contributed by atoms with Crippen molar-refractivity contribution in [1.29, 1.82) is 0 Å². The monoisotopic (exact) mass is 207 g/mol. The molecule has 0 aliphatic heterocycles. The van der Waals surface area contributed by atoms with E-state index < -0.39 is 0 Å². The van der Waals surface area contributed by atoms with E-state index in [9.17, 15) is 0 Å². The number of nitrogens with two attached hydrogens (primary N) is 1. The van der Waals surface area contributed by atoms with Gasteiger partial charge in [0.25, 0.3) is 0 Å². The lowest BCUT2D eigenvalue weighted by Crippen LogP contribution is -2.01. The molecule has 0 radical (unpaired) electrons. The minimum absolute atomic E-state index is 0.927. The van der Waals surface area contributed by atoms with Gasteiger partial charge in [-0.3, -0.25) is 0 Å². The van der Waals surface area contributed by atoms with Crippen LogP contribution in [0.2, 0.25) is 0 Å². The Kier molecular flexibility index (Phi) is 4.47. The van der Waals surface area contributed by atoms with Gasteiger partial charge in [0, 0.05) is 5.69 Å². The van der Waals surface area contributed by atoms with Gasteiger partial charge in [0.2, 0.25) is 0 Å². The third-order valence-corrected chi connectivity index (χ3v) is 2.60. The molecule has 0 aromatic heterocycles. The second-order valence-electron chi connectivity index (χ2n) is 3.86. The summed E-state index contributed by atoms with van der Waals surface area (Å²) in [7, 11) is 1.71. The van der Waals surface area contributed by atoms with Gasteiger partial charge in [0.15, 0.2) is 0 Å². The van der Waals surface area contributed by atoms with Crippen LogP contribution in [0, 0.1) is 0 Å². The molecule has 0 aliphatic carbocycles. The average molecular weight is 207 g/mol. The van der Waals surface area contributed by atoms with E-state index in [2.05, 4.69) is 26.0 Å². The van der Waals surface area contributed by atoms with Gasteiger partial charge < -0.3 is 10.5 Å². The Hall–Kier alpha value is -1.18. The topological polar surface area (TPSA) is 35.2 Å². The zero-order chi connectivity index (χ0) is 11.3. The molecular formula is C13H21NO. The Bertz CT molecular complexity index is 293. The lowest BCUT2D eigenvalue weighted by molar-refractivity contribution is 0.413. The second-order valence-corrected chi connectivity index (χ2v) is 3.86. The summed E-state index contributed by atoms with van der Waals surface area (Å²) in [5.74, 6) is 0.927. The molecule has 2 N–H and O–H groups in total. The molecule has 0 bridgehead atoms. The van der Waals surface area contributed by atoms with Gasteiger partial charge in [-0.2, -0.15) is 0 Å². The van der Waals surface area contributed by atoms with Crippen LogP contribution in [0.4, 0.5) is 5.69 Å². The van der Waals surface area contributed by atoms with Crippen molar-refractivity contribution in [2.75, 3.05) is 12.8 Å². The fraction of sp³-hybridized carbons (Fsp3) is 0.538. The highest BCUT2D eigenvalue weighted by Gasteiger charge is 2.07. The predicted molar refractivity (Wildman–Crippen MR) is 65.4 cm³/mol. The van der Waals surface area contributed by atoms with Crippen molar-refractivity contribution >= 4 is 5.69 Å². The molecule has 15 heavy (non-hydrogen) atoms. The molecule has 0 saturated carbocycles. The number of nitrogen functional groups attached to an aromatic ring is 1. The minimum atomic E-state index is 0.927. The first kappa shape index (κ1) is 11.9. The highest BCUT2D eigenvalue weighted by atomic mass is 16.5. The average Bonchev–Trinajstić information content (AvgIpc) is 2.24. The zero-order valence-corrected chi connectivity index (χ0v) is 9.97. The molecule has 0 unspecified atom stereocenters. The summed E-state index contributed by atoms with van der Waals surface area (Å²) in [5, 5.41) is 0. The first-order chi connectivity index (χ1) is 7.22. The number of methoxy groups -OCH3 is 1. The Balaban J connectivity index is 3.08. The first-order valence-electron chi connectivity index (χ1n) is 5.68. The van der Waals surface area contributed by atoms with E-state index in [0.717, 1.165) is 37.1 Å². The molecule has 84 valence electrons. The number of aryl methyl sites for hydroxylation is 2. The van der Waals surface area contributed by atoms with Gasteiger partial charge in [-0.15, -0.1) is 0 Å². The number of hydrogen-bond donors (Lipinski definition) is 1. The molecule has 2 nitrogen and oxygen atoms in total. The number of benzene rings is 1. The number of hydrogen-bond acceptors (Lipinski definition) is 2. The maximum absolute atomic E-state index is 6.12. The van der Waals surface area contributed by atoms with Crippen molar-refractivity contribution in [1.82, 2.24) is 0 Å². The maximum atomic E-state index is 6.12. The molecule has 2 heteroatoms. The van der Waals surface area contributed by atoms with Crippen LogP contribution in [0.15, 0.2) is 12.1 Å². The first-order valence-corrected chi connectivity index (χ1v) is 5.68. The van der Waals surface area contributed by atoms with Crippen molar-refractivity contribution in [2.45, 2.75) is 39.5 Å². The smallest absolute Gasteiger partial charge is 0.119 e. The highest BCUT2D eigenvalue weighted by molar-refractivity contribution is 5.57. The van der Waals surface area contributed by atoms with Crippen molar-refractivity contribution in [3.63, 3.8) is 0 Å². The zero-order valence-electron chi connectivity index (χ0n) is 9.97. The van der Waals surface area contributed by atoms with E-state index in [0.29, 0.717) is 0 Å². The Morgan fingerprint density at radius 2 is 1.53 bits per heavy atom. The van der Waals surface area contributed by atoms with Crippen molar-refractivity contribution in [3.8, 4) is 5.75 Å². The summed E-state index contributed by atoms with van der Waals surface area (Å²) >= 11 is 0. The van der Waals surface area contributed by atoms with Gasteiger partial charge in [-0.05, 0) is 36.1 Å². The Morgan fingerprint density at radius 3 is 1.87 bits per heavy atom. The molecule has 0 amide bonds. The molecule has 0 atom stereocenters. The van der Waals surface area contributed by atoms with Gasteiger partial charge in [-0.1, -0.05) is 26.7 Å². The number of rotatable bonds is 5. The lowest BCUT2D eigenvalue weighted by atomic mass is 10.00. The third kappa shape index (κ3) is 2.88. The van der Waals surface area contributed by atoms with Gasteiger partial charge in [0.05, 0.1) is 7.11 Å². The van der Waals surface area contributed by atoms with Crippen molar-refractivity contribution in [2.24, 2.45) is 0 Å². The van der Waals surface area contributed by atoms with E-state index in [-0.39, 0.29) is 0 Å². The molecular weight excluding hydrogens is 186 g/mol. The van der Waals surface area contributed by atoms with E-state index in [1.165, 1.54) is 11.1 Å². The van der Waals surface area contributed by atoms with Crippen LogP contribution in [0.3, 0.4) is 0 Å². The van der Waals surface area contributed by atoms with Crippen molar-refractivity contribution in [3.05, 3.63) is 23.3 Å². The number of ether oxygens (including phenoxy) is 1. The van der Waals surface area contributed by atoms with Crippen LogP contribution in [0.1, 0.15) is 37.8 Å². The summed E-state index contributed by atoms with van der Waals surface area (Å²) in [4.78, 5) is 0. The van der Waals surface area contributed by atoms with Gasteiger partial charge >= 0.3 is 0 Å². The maximum Gasteiger partial charge on any atom is 0.119 e. The summed E-state index contributed by atoms with van der Waals surface area (Å²) in [5.41, 5.74) is 9.53. The van der Waals surface area contributed by atoms with Crippen LogP contribution < -0.4 is 10.5 Å².